The van der Waals surface area contributed by atoms with Gasteiger partial charge in [0.25, 0.3) is 0 Å². The summed E-state index contributed by atoms with van der Waals surface area (Å²) in [6.45, 7) is 0. The van der Waals surface area contributed by atoms with Crippen molar-refractivity contribution in [2.75, 3.05) is 0 Å². The quantitative estimate of drug-likeness (QED) is 0.168. The number of hydrogen-bond acceptors (Lipinski definition) is 3. The highest BCUT2D eigenvalue weighted by Crippen LogP contribution is 2.52. The Labute approximate surface area is 364 Å². The predicted octanol–water partition coefficient (Wildman–Crippen LogP) is 15.3. The summed E-state index contributed by atoms with van der Waals surface area (Å²) in [4.78, 5) is 15.0. The number of allylic oxidation sites excluding steroid dienone is 4. The Hall–Kier alpha value is -8.21. The molecule has 0 spiro atoms. The van der Waals surface area contributed by atoms with Gasteiger partial charge in [0.05, 0.1) is 11.0 Å². The highest BCUT2D eigenvalue weighted by atomic mass is 15.0. The summed E-state index contributed by atoms with van der Waals surface area (Å²) >= 11 is 0. The average molecular weight is 803 g/mol. The van der Waals surface area contributed by atoms with E-state index in [1.807, 2.05) is 18.2 Å². The summed E-state index contributed by atoms with van der Waals surface area (Å²) in [5.74, 6) is 2.03. The molecular weight excluding hydrogens is 765 g/mol. The number of hydrogen-bond donors (Lipinski definition) is 0. The van der Waals surface area contributed by atoms with E-state index in [0.29, 0.717) is 17.5 Å². The van der Waals surface area contributed by atoms with E-state index in [0.717, 1.165) is 57.5 Å². The van der Waals surface area contributed by atoms with Gasteiger partial charge in [-0.1, -0.05) is 170 Å². The summed E-state index contributed by atoms with van der Waals surface area (Å²) in [6, 6.07) is 68.2. The van der Waals surface area contributed by atoms with Crippen LogP contribution in [0.3, 0.4) is 0 Å². The standard InChI is InChI=1S/C59H38N4/c1-3-16-38(17-4-1)57-60-58(39-18-5-2-6-19-39)62-59(61-57)44-24-12-22-42(34-44)40-20-11-21-41(33-40)43-23-13-25-45(35-43)63-52-32-31-37-15-7-8-26-46(37)55(52)56-50-30-14-29-49-47-27-9-10-28-48(47)51(54(49)50)36-53(56)63/h1,3-5,7-36H,2,6H2. The third kappa shape index (κ3) is 5.72. The molecule has 9 aromatic carbocycles. The van der Waals surface area contributed by atoms with Crippen LogP contribution < -0.4 is 0 Å². The Balaban J connectivity index is 0.942. The molecule has 2 heterocycles. The van der Waals surface area contributed by atoms with E-state index in [4.69, 9.17) is 15.0 Å². The zero-order chi connectivity index (χ0) is 41.4. The molecule has 63 heavy (non-hydrogen) atoms. The summed E-state index contributed by atoms with van der Waals surface area (Å²) in [5, 5.41) is 7.76. The highest BCUT2D eigenvalue weighted by Gasteiger charge is 2.26. The zero-order valence-corrected chi connectivity index (χ0v) is 34.3. The summed E-state index contributed by atoms with van der Waals surface area (Å²) in [6.07, 6.45) is 8.55. The van der Waals surface area contributed by atoms with Crippen molar-refractivity contribution in [3.05, 3.63) is 212 Å². The van der Waals surface area contributed by atoms with Crippen molar-refractivity contribution in [3.63, 3.8) is 0 Å². The lowest BCUT2D eigenvalue weighted by Crippen LogP contribution is -2.03. The number of benzene rings is 9. The lowest BCUT2D eigenvalue weighted by Gasteiger charge is -2.13. The molecule has 4 heteroatoms. The van der Waals surface area contributed by atoms with Crippen molar-refractivity contribution in [1.29, 1.82) is 0 Å². The molecule has 0 aliphatic heterocycles. The third-order valence-electron chi connectivity index (χ3n) is 13.0. The zero-order valence-electron chi connectivity index (χ0n) is 34.3. The van der Waals surface area contributed by atoms with Crippen LogP contribution in [0, 0.1) is 0 Å². The van der Waals surface area contributed by atoms with Crippen molar-refractivity contribution in [3.8, 4) is 73.0 Å². The average Bonchev–Trinajstić information content (AvgIpc) is 3.88. The van der Waals surface area contributed by atoms with Gasteiger partial charge in [-0.3, -0.25) is 0 Å². The Morgan fingerprint density at radius 1 is 0.365 bits per heavy atom. The molecule has 4 nitrogen and oxygen atoms in total. The van der Waals surface area contributed by atoms with Gasteiger partial charge in [0.2, 0.25) is 0 Å². The van der Waals surface area contributed by atoms with Gasteiger partial charge < -0.3 is 4.57 Å². The van der Waals surface area contributed by atoms with Crippen molar-refractivity contribution in [2.24, 2.45) is 0 Å². The molecule has 0 unspecified atom stereocenters. The molecule has 2 aliphatic rings. The molecule has 0 amide bonds. The van der Waals surface area contributed by atoms with E-state index in [-0.39, 0.29) is 0 Å². The van der Waals surface area contributed by atoms with Crippen LogP contribution in [0.15, 0.2) is 206 Å². The van der Waals surface area contributed by atoms with Crippen LogP contribution in [-0.4, -0.2) is 19.5 Å². The molecule has 0 atom stereocenters. The maximum absolute atomic E-state index is 5.04. The molecule has 2 aromatic heterocycles. The van der Waals surface area contributed by atoms with E-state index < -0.39 is 0 Å². The molecule has 0 fully saturated rings. The van der Waals surface area contributed by atoms with E-state index in [2.05, 4.69) is 193 Å². The van der Waals surface area contributed by atoms with Gasteiger partial charge in [-0.05, 0) is 115 Å². The van der Waals surface area contributed by atoms with E-state index in [9.17, 15) is 0 Å². The smallest absolute Gasteiger partial charge is 0.164 e. The third-order valence-corrected chi connectivity index (χ3v) is 13.0. The van der Waals surface area contributed by atoms with Gasteiger partial charge in [-0.2, -0.15) is 0 Å². The fraction of sp³-hybridized carbons (Fsp3) is 0.0339. The Morgan fingerprint density at radius 3 is 1.75 bits per heavy atom. The topological polar surface area (TPSA) is 43.6 Å². The van der Waals surface area contributed by atoms with E-state index in [1.165, 1.54) is 65.6 Å². The van der Waals surface area contributed by atoms with Crippen LogP contribution in [0.4, 0.5) is 0 Å². The summed E-state index contributed by atoms with van der Waals surface area (Å²) in [5.41, 5.74) is 16.3. The Bertz CT molecular complexity index is 3740. The first kappa shape index (κ1) is 35.5. The highest BCUT2D eigenvalue weighted by molar-refractivity contribution is 6.33. The molecular formula is C59H38N4. The van der Waals surface area contributed by atoms with Gasteiger partial charge in [0.1, 0.15) is 0 Å². The van der Waals surface area contributed by atoms with Crippen LogP contribution in [0.25, 0.3) is 122 Å². The first-order valence-electron chi connectivity index (χ1n) is 21.8. The molecule has 0 saturated carbocycles. The van der Waals surface area contributed by atoms with Gasteiger partial charge >= 0.3 is 0 Å². The SMILES string of the molecule is C1=CC(c2nc(-c3ccccc3)nc(-c3cccc(-c4cccc(-c5cccc(-n6c7ccc8ccccc8c7c7c8cccc9c8c(cc76)-c6ccccc6-9)c5)c4)c3)n2)=CCC1. The molecule has 2 aliphatic carbocycles. The van der Waals surface area contributed by atoms with Crippen LogP contribution in [0.5, 0.6) is 0 Å². The molecule has 294 valence electrons. The van der Waals surface area contributed by atoms with E-state index in [1.54, 1.807) is 0 Å². The van der Waals surface area contributed by atoms with Crippen molar-refractivity contribution in [2.45, 2.75) is 12.8 Å². The minimum Gasteiger partial charge on any atom is -0.309 e. The number of fused-ring (bicyclic) bond motifs is 9. The van der Waals surface area contributed by atoms with Gasteiger partial charge in [0, 0.05) is 33.2 Å². The molecule has 11 aromatic rings. The summed E-state index contributed by atoms with van der Waals surface area (Å²) in [7, 11) is 0. The van der Waals surface area contributed by atoms with Crippen LogP contribution in [-0.2, 0) is 0 Å². The van der Waals surface area contributed by atoms with Crippen molar-refractivity contribution >= 4 is 48.9 Å². The summed E-state index contributed by atoms with van der Waals surface area (Å²) < 4.78 is 2.49. The predicted molar refractivity (Wildman–Crippen MR) is 262 cm³/mol. The second-order valence-electron chi connectivity index (χ2n) is 16.6. The van der Waals surface area contributed by atoms with Crippen LogP contribution in [0.2, 0.25) is 0 Å². The lowest BCUT2D eigenvalue weighted by atomic mass is 9.96. The van der Waals surface area contributed by atoms with Gasteiger partial charge in [-0.15, -0.1) is 0 Å². The second-order valence-corrected chi connectivity index (χ2v) is 16.6. The lowest BCUT2D eigenvalue weighted by molar-refractivity contribution is 1.01. The number of nitrogens with zero attached hydrogens (tertiary/aromatic N) is 4. The molecule has 0 N–H and O–H groups in total. The number of aromatic nitrogens is 4. The van der Waals surface area contributed by atoms with Crippen molar-refractivity contribution < 1.29 is 0 Å². The Kier molecular flexibility index (Phi) is 8.00. The van der Waals surface area contributed by atoms with Crippen molar-refractivity contribution in [1.82, 2.24) is 19.5 Å². The van der Waals surface area contributed by atoms with E-state index >= 15 is 0 Å². The van der Waals surface area contributed by atoms with Crippen LogP contribution >= 0.6 is 0 Å². The fourth-order valence-corrected chi connectivity index (χ4v) is 10.1. The Morgan fingerprint density at radius 2 is 0.952 bits per heavy atom. The van der Waals surface area contributed by atoms with Gasteiger partial charge in [0.15, 0.2) is 17.5 Å². The second kappa shape index (κ2) is 14.2. The first-order valence-corrected chi connectivity index (χ1v) is 21.8. The molecule has 0 saturated heterocycles. The first-order chi connectivity index (χ1) is 31.2. The maximum atomic E-state index is 5.04. The monoisotopic (exact) mass is 802 g/mol. The largest absolute Gasteiger partial charge is 0.309 e. The van der Waals surface area contributed by atoms with Gasteiger partial charge in [-0.25, -0.2) is 15.0 Å². The normalized spacial score (nSPS) is 13.0. The fourth-order valence-electron chi connectivity index (χ4n) is 10.1. The van der Waals surface area contributed by atoms with Crippen LogP contribution in [0.1, 0.15) is 18.7 Å². The number of rotatable bonds is 6. The molecule has 0 bridgehead atoms. The molecule has 13 rings (SSSR count). The minimum atomic E-state index is 0.661. The molecule has 0 radical (unpaired) electrons. The maximum Gasteiger partial charge on any atom is 0.164 e. The minimum absolute atomic E-state index is 0.661.